The molecule has 1 saturated heterocycles. The average Bonchev–Trinajstić information content (AvgIpc) is 2.96. The van der Waals surface area contributed by atoms with Crippen LogP contribution in [0, 0.1) is 23.3 Å². The molecule has 0 radical (unpaired) electrons. The maximum atomic E-state index is 13.8. The van der Waals surface area contributed by atoms with E-state index in [0.29, 0.717) is 19.5 Å². The van der Waals surface area contributed by atoms with Gasteiger partial charge in [0.2, 0.25) is 5.43 Å². The molecule has 3 heterocycles. The van der Waals surface area contributed by atoms with Gasteiger partial charge in [-0.1, -0.05) is 0 Å². The molecule has 2 amide bonds. The SMILES string of the molecule is O=C(NCc1c(F)cc(F)c(F)c1F)c1cn2c(c(O)c1=O)C(=O)N1CCCCC2C1. The molecule has 31 heavy (non-hydrogen) atoms. The Labute approximate surface area is 172 Å². The van der Waals surface area contributed by atoms with Crippen molar-refractivity contribution in [2.24, 2.45) is 0 Å². The van der Waals surface area contributed by atoms with Crippen LogP contribution in [0.1, 0.15) is 51.7 Å². The summed E-state index contributed by atoms with van der Waals surface area (Å²) in [5.41, 5.74) is -2.81. The number of nitrogens with one attached hydrogen (secondary N) is 1. The number of aromatic hydroxyl groups is 1. The highest BCUT2D eigenvalue weighted by Crippen LogP contribution is 2.31. The Morgan fingerprint density at radius 2 is 1.87 bits per heavy atom. The molecule has 2 aliphatic rings. The van der Waals surface area contributed by atoms with Gasteiger partial charge in [-0.15, -0.1) is 0 Å². The topological polar surface area (TPSA) is 91.6 Å². The number of nitrogens with zero attached hydrogens (tertiary/aromatic N) is 2. The number of halogens is 4. The first-order valence-electron chi connectivity index (χ1n) is 9.58. The van der Waals surface area contributed by atoms with E-state index in [1.54, 1.807) is 4.90 Å². The van der Waals surface area contributed by atoms with Gasteiger partial charge in [0.15, 0.2) is 28.9 Å². The van der Waals surface area contributed by atoms with Crippen molar-refractivity contribution in [3.8, 4) is 5.75 Å². The van der Waals surface area contributed by atoms with Crippen molar-refractivity contribution in [3.63, 3.8) is 0 Å². The number of fused-ring (bicyclic) bond motifs is 4. The number of carbonyl (C=O) groups excluding carboxylic acids is 2. The normalized spacial score (nSPS) is 17.9. The Morgan fingerprint density at radius 1 is 1.13 bits per heavy atom. The summed E-state index contributed by atoms with van der Waals surface area (Å²) in [6.07, 6.45) is 3.36. The molecule has 1 aromatic carbocycles. The number of benzene rings is 1. The van der Waals surface area contributed by atoms with Gasteiger partial charge >= 0.3 is 0 Å². The number of rotatable bonds is 3. The average molecular weight is 439 g/mol. The van der Waals surface area contributed by atoms with Crippen LogP contribution in [-0.4, -0.2) is 39.5 Å². The van der Waals surface area contributed by atoms with E-state index in [2.05, 4.69) is 5.32 Å². The second-order valence-electron chi connectivity index (χ2n) is 7.51. The number of hydrogen-bond acceptors (Lipinski definition) is 4. The van der Waals surface area contributed by atoms with Gasteiger partial charge in [-0.3, -0.25) is 14.4 Å². The predicted molar refractivity (Wildman–Crippen MR) is 98.6 cm³/mol. The Hall–Kier alpha value is -3.37. The van der Waals surface area contributed by atoms with Crippen molar-refractivity contribution in [2.75, 3.05) is 13.1 Å². The molecule has 1 atom stereocenters. The van der Waals surface area contributed by atoms with Gasteiger partial charge in [-0.05, 0) is 19.3 Å². The molecule has 7 nitrogen and oxygen atoms in total. The van der Waals surface area contributed by atoms with Crippen molar-refractivity contribution in [2.45, 2.75) is 31.8 Å². The van der Waals surface area contributed by atoms with Crippen LogP contribution >= 0.6 is 0 Å². The summed E-state index contributed by atoms with van der Waals surface area (Å²) >= 11 is 0. The zero-order valence-corrected chi connectivity index (χ0v) is 16.1. The van der Waals surface area contributed by atoms with Crippen molar-refractivity contribution < 1.29 is 32.3 Å². The van der Waals surface area contributed by atoms with E-state index < -0.39 is 63.9 Å². The van der Waals surface area contributed by atoms with Crippen LogP contribution in [-0.2, 0) is 6.54 Å². The fraction of sp³-hybridized carbons (Fsp3) is 0.350. The van der Waals surface area contributed by atoms with Gasteiger partial charge < -0.3 is 19.9 Å². The summed E-state index contributed by atoms with van der Waals surface area (Å²) in [5, 5.41) is 12.4. The fourth-order valence-electron chi connectivity index (χ4n) is 3.99. The van der Waals surface area contributed by atoms with Crippen molar-refractivity contribution in [1.29, 1.82) is 0 Å². The molecule has 1 aromatic heterocycles. The summed E-state index contributed by atoms with van der Waals surface area (Å²) < 4.78 is 55.4. The zero-order valence-electron chi connectivity index (χ0n) is 16.1. The molecular formula is C20H17F4N3O4. The Morgan fingerprint density at radius 3 is 2.61 bits per heavy atom. The molecule has 2 N–H and O–H groups in total. The second kappa shape index (κ2) is 7.71. The number of carbonyl (C=O) groups is 2. The third-order valence-electron chi connectivity index (χ3n) is 5.62. The molecule has 164 valence electrons. The Balaban J connectivity index is 1.67. The van der Waals surface area contributed by atoms with E-state index >= 15 is 0 Å². The second-order valence-corrected chi connectivity index (χ2v) is 7.51. The quantitative estimate of drug-likeness (QED) is 0.436. The third kappa shape index (κ3) is 3.43. The molecule has 1 unspecified atom stereocenters. The standard InChI is InChI=1S/C20H17F4N3O4/c21-12-5-13(22)15(24)14(23)10(12)6-25-19(30)11-8-27-9-3-1-2-4-26(7-9)20(31)16(27)18(29)17(11)28/h5,8-9,29H,1-4,6-7H2,(H,25,30). The predicted octanol–water partition coefficient (Wildman–Crippen LogP) is 2.22. The molecule has 1 fully saturated rings. The summed E-state index contributed by atoms with van der Waals surface area (Å²) in [6.45, 7) is -0.0111. The van der Waals surface area contributed by atoms with Crippen LogP contribution < -0.4 is 10.7 Å². The van der Waals surface area contributed by atoms with Crippen LogP contribution in [0.4, 0.5) is 17.6 Å². The zero-order chi connectivity index (χ0) is 22.4. The van der Waals surface area contributed by atoms with Crippen LogP contribution in [0.2, 0.25) is 0 Å². The lowest BCUT2D eigenvalue weighted by atomic mass is 10.1. The summed E-state index contributed by atoms with van der Waals surface area (Å²) in [4.78, 5) is 39.2. The molecule has 2 aromatic rings. The van der Waals surface area contributed by atoms with Gasteiger partial charge in [0.05, 0.1) is 6.04 Å². The number of amides is 2. The van der Waals surface area contributed by atoms with Crippen molar-refractivity contribution >= 4 is 11.8 Å². The van der Waals surface area contributed by atoms with E-state index in [0.717, 1.165) is 19.0 Å². The molecule has 11 heteroatoms. The summed E-state index contributed by atoms with van der Waals surface area (Å²) in [6, 6.07) is -0.113. The molecular weight excluding hydrogens is 422 g/mol. The van der Waals surface area contributed by atoms with Gasteiger partial charge in [-0.2, -0.15) is 0 Å². The van der Waals surface area contributed by atoms with Crippen molar-refractivity contribution in [3.05, 3.63) is 62.6 Å². The van der Waals surface area contributed by atoms with E-state index in [1.807, 2.05) is 0 Å². The maximum absolute atomic E-state index is 13.8. The minimum absolute atomic E-state index is 0.142. The largest absolute Gasteiger partial charge is 0.503 e. The van der Waals surface area contributed by atoms with Gasteiger partial charge in [0.25, 0.3) is 11.8 Å². The summed E-state index contributed by atoms with van der Waals surface area (Å²) in [5.74, 6) is -9.33. The molecule has 2 bridgehead atoms. The van der Waals surface area contributed by atoms with E-state index in [1.165, 1.54) is 4.57 Å². The van der Waals surface area contributed by atoms with Crippen LogP contribution in [0.15, 0.2) is 17.1 Å². The first kappa shape index (κ1) is 20.9. The smallest absolute Gasteiger partial charge is 0.274 e. The third-order valence-corrected chi connectivity index (χ3v) is 5.62. The highest BCUT2D eigenvalue weighted by atomic mass is 19.2. The van der Waals surface area contributed by atoms with E-state index in [4.69, 9.17) is 0 Å². The maximum Gasteiger partial charge on any atom is 0.274 e. The molecule has 4 rings (SSSR count). The lowest BCUT2D eigenvalue weighted by Crippen LogP contribution is -2.44. The molecule has 0 saturated carbocycles. The summed E-state index contributed by atoms with van der Waals surface area (Å²) in [7, 11) is 0. The number of pyridine rings is 1. The van der Waals surface area contributed by atoms with Crippen LogP contribution in [0.3, 0.4) is 0 Å². The number of aromatic nitrogens is 1. The molecule has 0 aliphatic carbocycles. The fourth-order valence-corrected chi connectivity index (χ4v) is 3.99. The highest BCUT2D eigenvalue weighted by molar-refractivity contribution is 5.99. The lowest BCUT2D eigenvalue weighted by molar-refractivity contribution is 0.0677. The van der Waals surface area contributed by atoms with E-state index in [9.17, 15) is 37.1 Å². The first-order valence-corrected chi connectivity index (χ1v) is 9.58. The van der Waals surface area contributed by atoms with Crippen LogP contribution in [0.25, 0.3) is 0 Å². The first-order chi connectivity index (χ1) is 14.7. The van der Waals surface area contributed by atoms with Gasteiger partial charge in [-0.25, -0.2) is 17.6 Å². The van der Waals surface area contributed by atoms with Gasteiger partial charge in [0, 0.05) is 37.5 Å². The monoisotopic (exact) mass is 439 g/mol. The Kier molecular flexibility index (Phi) is 5.19. The number of hydrogen-bond donors (Lipinski definition) is 2. The minimum atomic E-state index is -1.89. The lowest BCUT2D eigenvalue weighted by Gasteiger charge is -2.34. The van der Waals surface area contributed by atoms with Crippen LogP contribution in [0.5, 0.6) is 5.75 Å². The highest BCUT2D eigenvalue weighted by Gasteiger charge is 2.36. The Bertz CT molecular complexity index is 1160. The minimum Gasteiger partial charge on any atom is -0.503 e. The van der Waals surface area contributed by atoms with Crippen molar-refractivity contribution in [1.82, 2.24) is 14.8 Å². The van der Waals surface area contributed by atoms with E-state index in [-0.39, 0.29) is 17.8 Å². The van der Waals surface area contributed by atoms with Gasteiger partial charge in [0.1, 0.15) is 11.4 Å². The molecule has 2 aliphatic heterocycles. The molecule has 0 spiro atoms.